The highest BCUT2D eigenvalue weighted by Crippen LogP contribution is 2.44. The molecule has 0 saturated heterocycles. The van der Waals surface area contributed by atoms with Crippen LogP contribution in [0.5, 0.6) is 0 Å². The quantitative estimate of drug-likeness (QED) is 0.0222. The van der Waals surface area contributed by atoms with Crippen LogP contribution in [0.4, 0.5) is 4.79 Å². The number of carbonyl (C=O) groups excluding carboxylic acids is 8. The van der Waals surface area contributed by atoms with Crippen molar-refractivity contribution in [2.45, 2.75) is 154 Å². The Kier molecular flexibility index (Phi) is 26.5. The van der Waals surface area contributed by atoms with E-state index in [1.165, 1.54) is 25.9 Å². The van der Waals surface area contributed by atoms with Gasteiger partial charge in [0, 0.05) is 38.0 Å². The normalized spacial score (nSPS) is 15.6. The summed E-state index contributed by atoms with van der Waals surface area (Å²) in [7, 11) is 2.82. The molecule has 444 valence electrons. The molecular formula is C61H83Cl3N6O11. The van der Waals surface area contributed by atoms with Gasteiger partial charge in [0.1, 0.15) is 37.4 Å². The lowest BCUT2D eigenvalue weighted by Crippen LogP contribution is -2.56. The van der Waals surface area contributed by atoms with Gasteiger partial charge < -0.3 is 45.3 Å². The van der Waals surface area contributed by atoms with Crippen molar-refractivity contribution in [3.05, 3.63) is 107 Å². The first-order valence-electron chi connectivity index (χ1n) is 27.9. The van der Waals surface area contributed by atoms with Gasteiger partial charge in [0.2, 0.25) is 27.4 Å². The lowest BCUT2D eigenvalue weighted by molar-refractivity contribution is -0.154. The molecule has 6 amide bonds. The zero-order chi connectivity index (χ0) is 60.3. The zero-order valence-electron chi connectivity index (χ0n) is 48.8. The molecule has 1 aliphatic carbocycles. The number of hydrogen-bond acceptors (Lipinski definition) is 11. The predicted octanol–water partition coefficient (Wildman–Crippen LogP) is 9.24. The first kappa shape index (κ1) is 67.3. The third-order valence-electron chi connectivity index (χ3n) is 14.9. The first-order valence-corrected chi connectivity index (χ1v) is 29.0. The average molecular weight is 1180 g/mol. The van der Waals surface area contributed by atoms with E-state index < -0.39 is 88.9 Å². The van der Waals surface area contributed by atoms with E-state index >= 15 is 0 Å². The third kappa shape index (κ3) is 20.3. The van der Waals surface area contributed by atoms with Gasteiger partial charge in [-0.2, -0.15) is 0 Å². The van der Waals surface area contributed by atoms with Gasteiger partial charge in [0.05, 0.1) is 6.54 Å². The molecular weight excluding hydrogens is 1100 g/mol. The van der Waals surface area contributed by atoms with Gasteiger partial charge in [0.15, 0.2) is 6.10 Å². The van der Waals surface area contributed by atoms with E-state index in [0.29, 0.717) is 19.3 Å². The van der Waals surface area contributed by atoms with Gasteiger partial charge in [-0.25, -0.2) is 14.4 Å². The molecule has 17 nitrogen and oxygen atoms in total. The molecule has 3 aromatic rings. The van der Waals surface area contributed by atoms with E-state index in [1.54, 1.807) is 57.2 Å². The number of amides is 6. The maximum Gasteiger partial charge on any atom is 0.407 e. The Bertz CT molecular complexity index is 2620. The lowest BCUT2D eigenvalue weighted by atomic mass is 9.85. The Hall–Kier alpha value is -6.17. The number of allylic oxidation sites excluding steroid dienone is 1. The SMILES string of the molecule is CCC(C)[C@@H](NC(=O)C(C)NC(=O)OCC1c2ccccc2-c2ccccc21)[C@@H](C)CC/C=C(\C)C(=O)O[C@H](CC(C)C)C(=O)N[C@H](C)C(=O)N(C)[C@H](Cc1ccccc1)C(=O)N(C)CC(=O)N[C@H](C(=O)OCC(Cl)(Cl)Cl)[C@H](C)CC. The van der Waals surface area contributed by atoms with Crippen LogP contribution in [0.25, 0.3) is 11.1 Å². The van der Waals surface area contributed by atoms with Crippen molar-refractivity contribution in [1.29, 1.82) is 0 Å². The van der Waals surface area contributed by atoms with Crippen LogP contribution in [0.15, 0.2) is 90.5 Å². The van der Waals surface area contributed by atoms with Gasteiger partial charge in [0.25, 0.3) is 5.91 Å². The zero-order valence-corrected chi connectivity index (χ0v) is 51.1. The summed E-state index contributed by atoms with van der Waals surface area (Å²) in [6, 6.07) is 20.5. The second-order valence-electron chi connectivity index (χ2n) is 21.8. The monoisotopic (exact) mass is 1180 g/mol. The predicted molar refractivity (Wildman–Crippen MR) is 315 cm³/mol. The van der Waals surface area contributed by atoms with Crippen molar-refractivity contribution in [3.8, 4) is 11.1 Å². The highest BCUT2D eigenvalue weighted by Gasteiger charge is 2.37. The fourth-order valence-electron chi connectivity index (χ4n) is 9.69. The molecule has 0 aromatic heterocycles. The number of esters is 2. The maximum absolute atomic E-state index is 14.2. The standard InChI is InChI=1S/C61H83Cl3N6O11/c1-13-37(5)52(68-54(72)41(9)66-60(78)79-34-48-46-29-20-18-27-44(46)45-28-19-21-30-47(45)48)39(7)23-22-24-40(8)58(76)81-50(31-36(3)4)55(73)65-42(10)56(74)70(12)49(32-43-25-16-15-17-26-43)57(75)69(11)33-51(71)67-53(38(6)14-2)59(77)80-35-61(62,63)64/h15-21,24-30,36-39,41-42,48-50,52-53H,13-14,22-23,31-35H2,1-12H3,(H,65,73)(H,66,78)(H,67,71)(H,68,72)/b40-24+/t37?,38-,39+,41?,42-,49-,50-,52-,53+/m1/s1. The summed E-state index contributed by atoms with van der Waals surface area (Å²) in [4.78, 5) is 111. The van der Waals surface area contributed by atoms with Crippen LogP contribution >= 0.6 is 34.8 Å². The molecule has 0 aliphatic heterocycles. The molecule has 0 bridgehead atoms. The summed E-state index contributed by atoms with van der Waals surface area (Å²) in [6.45, 7) is 17.2. The number of nitrogens with zero attached hydrogens (tertiary/aromatic N) is 2. The summed E-state index contributed by atoms with van der Waals surface area (Å²) < 4.78 is 14.8. The first-order chi connectivity index (χ1) is 38.2. The molecule has 4 N–H and O–H groups in total. The summed E-state index contributed by atoms with van der Waals surface area (Å²) in [5.74, 6) is -5.04. The van der Waals surface area contributed by atoms with Crippen LogP contribution < -0.4 is 21.3 Å². The lowest BCUT2D eigenvalue weighted by Gasteiger charge is -2.33. The Labute approximate surface area is 493 Å². The van der Waals surface area contributed by atoms with Gasteiger partial charge in [-0.15, -0.1) is 0 Å². The average Bonchev–Trinajstić information content (AvgIpc) is 4.04. The number of rotatable bonds is 29. The molecule has 3 aromatic carbocycles. The number of alkyl halides is 3. The third-order valence-corrected chi connectivity index (χ3v) is 15.2. The number of carbonyl (C=O) groups is 8. The highest BCUT2D eigenvalue weighted by atomic mass is 35.6. The maximum atomic E-state index is 14.2. The second kappa shape index (κ2) is 31.9. The van der Waals surface area contributed by atoms with Gasteiger partial charge >= 0.3 is 18.0 Å². The molecule has 9 atom stereocenters. The minimum absolute atomic E-state index is 0.0447. The molecule has 0 spiro atoms. The van der Waals surface area contributed by atoms with Crippen molar-refractivity contribution in [1.82, 2.24) is 31.1 Å². The number of ether oxygens (including phenoxy) is 3. The Balaban J connectivity index is 1.35. The molecule has 0 fully saturated rings. The van der Waals surface area contributed by atoms with Crippen LogP contribution in [-0.2, 0) is 54.2 Å². The van der Waals surface area contributed by atoms with Crippen LogP contribution in [0, 0.1) is 23.7 Å². The Morgan fingerprint density at radius 3 is 1.83 bits per heavy atom. The number of fused-ring (bicyclic) bond motifs is 3. The molecule has 81 heavy (non-hydrogen) atoms. The molecule has 20 heteroatoms. The fraction of sp³-hybridized carbons (Fsp3) is 0.541. The van der Waals surface area contributed by atoms with Crippen LogP contribution in [0.2, 0.25) is 0 Å². The Morgan fingerprint density at radius 2 is 1.26 bits per heavy atom. The number of hydrogen-bond donors (Lipinski definition) is 4. The fourth-order valence-corrected chi connectivity index (χ4v) is 9.85. The van der Waals surface area contributed by atoms with E-state index in [2.05, 4.69) is 33.4 Å². The molecule has 4 rings (SSSR count). The summed E-state index contributed by atoms with van der Waals surface area (Å²) in [6.07, 6.45) is 2.29. The number of likely N-dealkylation sites (N-methyl/N-ethyl adjacent to an activating group) is 2. The molecule has 2 unspecified atom stereocenters. The van der Waals surface area contributed by atoms with Gasteiger partial charge in [-0.05, 0) is 91.5 Å². The van der Waals surface area contributed by atoms with E-state index in [-0.39, 0.29) is 66.6 Å². The summed E-state index contributed by atoms with van der Waals surface area (Å²) in [5.41, 5.74) is 5.38. The van der Waals surface area contributed by atoms with E-state index in [1.807, 2.05) is 77.9 Å². The molecule has 1 aliphatic rings. The minimum atomic E-state index is -1.87. The van der Waals surface area contributed by atoms with Gasteiger partial charge in [-0.3, -0.25) is 24.0 Å². The number of nitrogens with one attached hydrogen (secondary N) is 4. The van der Waals surface area contributed by atoms with E-state index in [4.69, 9.17) is 49.0 Å². The number of halogens is 3. The smallest absolute Gasteiger partial charge is 0.407 e. The van der Waals surface area contributed by atoms with Crippen molar-refractivity contribution < 1.29 is 52.6 Å². The highest BCUT2D eigenvalue weighted by molar-refractivity contribution is 6.67. The molecule has 0 radical (unpaired) electrons. The largest absolute Gasteiger partial charge is 0.460 e. The topological polar surface area (TPSA) is 219 Å². The van der Waals surface area contributed by atoms with Crippen molar-refractivity contribution in [2.24, 2.45) is 23.7 Å². The molecule has 0 saturated carbocycles. The number of alkyl carbamates (subject to hydrolysis) is 1. The second-order valence-corrected chi connectivity index (χ2v) is 24.3. The van der Waals surface area contributed by atoms with Crippen LogP contribution in [0.1, 0.15) is 124 Å². The molecule has 0 heterocycles. The van der Waals surface area contributed by atoms with Crippen molar-refractivity contribution >= 4 is 82.4 Å². The van der Waals surface area contributed by atoms with E-state index in [0.717, 1.165) is 39.1 Å². The van der Waals surface area contributed by atoms with Gasteiger partial charge in [-0.1, -0.05) is 181 Å². The van der Waals surface area contributed by atoms with Crippen molar-refractivity contribution in [2.75, 3.05) is 33.9 Å². The summed E-state index contributed by atoms with van der Waals surface area (Å²) in [5, 5.41) is 11.2. The summed E-state index contributed by atoms with van der Waals surface area (Å²) >= 11 is 17.3. The Morgan fingerprint density at radius 1 is 0.679 bits per heavy atom. The number of benzene rings is 3. The van der Waals surface area contributed by atoms with E-state index in [9.17, 15) is 38.4 Å². The minimum Gasteiger partial charge on any atom is -0.460 e. The van der Waals surface area contributed by atoms with Crippen molar-refractivity contribution in [3.63, 3.8) is 0 Å². The van der Waals surface area contributed by atoms with Crippen LogP contribution in [0.3, 0.4) is 0 Å². The van der Waals surface area contributed by atoms with Crippen LogP contribution in [-0.4, -0.2) is 131 Å².